The number of aryl methyl sites for hydroxylation is 1. The molecule has 1 N–H and O–H groups in total. The molecule has 4 nitrogen and oxygen atoms in total. The number of furan rings is 1. The van der Waals surface area contributed by atoms with Crippen LogP contribution in [0.3, 0.4) is 0 Å². The fraction of sp³-hybridized carbons (Fsp3) is 0.167. The maximum atomic E-state index is 5.34. The fourth-order valence-electron chi connectivity index (χ4n) is 1.65. The number of H-pyrrole nitrogens is 1. The van der Waals surface area contributed by atoms with Gasteiger partial charge in [0.05, 0.1) is 22.5 Å². The number of aliphatic imine (C=N–C) groups is 1. The van der Waals surface area contributed by atoms with E-state index in [1.165, 1.54) is 0 Å². The first-order valence-corrected chi connectivity index (χ1v) is 5.00. The number of aromatic amines is 1. The molecule has 2 rings (SSSR count). The number of hydrogen-bond donors (Lipinski definition) is 1. The van der Waals surface area contributed by atoms with E-state index >= 15 is 0 Å². The lowest BCUT2D eigenvalue weighted by Crippen LogP contribution is -2.26. The highest BCUT2D eigenvalue weighted by atomic mass is 16.3. The van der Waals surface area contributed by atoms with Gasteiger partial charge in [-0.3, -0.25) is 10.1 Å². The Morgan fingerprint density at radius 3 is 3.00 bits per heavy atom. The van der Waals surface area contributed by atoms with Gasteiger partial charge >= 0.3 is 0 Å². The van der Waals surface area contributed by atoms with Crippen LogP contribution < -0.4 is 10.6 Å². The Hall–Kier alpha value is -2.10. The molecule has 4 heteroatoms. The topological polar surface area (TPSA) is 54.2 Å². The van der Waals surface area contributed by atoms with Crippen molar-refractivity contribution in [1.82, 2.24) is 10.2 Å². The van der Waals surface area contributed by atoms with Crippen molar-refractivity contribution in [2.45, 2.75) is 13.8 Å². The van der Waals surface area contributed by atoms with E-state index < -0.39 is 0 Å². The van der Waals surface area contributed by atoms with Crippen LogP contribution in [0.2, 0.25) is 0 Å². The van der Waals surface area contributed by atoms with E-state index in [-0.39, 0.29) is 0 Å². The molecule has 16 heavy (non-hydrogen) atoms. The average Bonchev–Trinajstić information content (AvgIpc) is 2.91. The molecule has 0 amide bonds. The quantitative estimate of drug-likeness (QED) is 0.759. The van der Waals surface area contributed by atoms with Crippen molar-refractivity contribution < 1.29 is 4.42 Å². The lowest BCUT2D eigenvalue weighted by molar-refractivity contribution is 0.551. The zero-order valence-corrected chi connectivity index (χ0v) is 9.32. The highest BCUT2D eigenvalue weighted by Crippen LogP contribution is 2.11. The van der Waals surface area contributed by atoms with Crippen LogP contribution in [-0.4, -0.2) is 16.9 Å². The highest BCUT2D eigenvalue weighted by Gasteiger charge is 2.07. The second kappa shape index (κ2) is 4.18. The van der Waals surface area contributed by atoms with Gasteiger partial charge in [0.2, 0.25) is 0 Å². The molecule has 0 saturated heterocycles. The third-order valence-electron chi connectivity index (χ3n) is 2.41. The first kappa shape index (κ1) is 10.4. The summed E-state index contributed by atoms with van der Waals surface area (Å²) in [6, 6.07) is 3.68. The molecule has 82 valence electrons. The number of hydrogen-bond acceptors (Lipinski definition) is 3. The Labute approximate surface area is 93.0 Å². The summed E-state index contributed by atoms with van der Waals surface area (Å²) in [6.07, 6.45) is 3.56. The van der Waals surface area contributed by atoms with Gasteiger partial charge in [-0.1, -0.05) is 6.08 Å². The van der Waals surface area contributed by atoms with E-state index in [4.69, 9.17) is 4.42 Å². The van der Waals surface area contributed by atoms with E-state index in [1.807, 2.05) is 32.1 Å². The number of aromatic nitrogens is 2. The van der Waals surface area contributed by atoms with E-state index in [9.17, 15) is 0 Å². The lowest BCUT2D eigenvalue weighted by atomic mass is 10.2. The van der Waals surface area contributed by atoms with Crippen LogP contribution in [-0.2, 0) is 0 Å². The minimum Gasteiger partial charge on any atom is -0.463 e. The second-order valence-corrected chi connectivity index (χ2v) is 3.37. The van der Waals surface area contributed by atoms with Crippen molar-refractivity contribution in [3.63, 3.8) is 0 Å². The second-order valence-electron chi connectivity index (χ2n) is 3.37. The molecule has 0 aromatic carbocycles. The predicted octanol–water partition coefficient (Wildman–Crippen LogP) is 0.969. The van der Waals surface area contributed by atoms with Crippen molar-refractivity contribution in [3.8, 4) is 0 Å². The zero-order valence-electron chi connectivity index (χ0n) is 9.32. The lowest BCUT2D eigenvalue weighted by Gasteiger charge is -1.95. The zero-order chi connectivity index (χ0) is 11.5. The molecule has 0 atom stereocenters. The third-order valence-corrected chi connectivity index (χ3v) is 2.41. The summed E-state index contributed by atoms with van der Waals surface area (Å²) in [5.41, 5.74) is 1.59. The molecule has 2 aromatic heterocycles. The van der Waals surface area contributed by atoms with E-state index in [2.05, 4.69) is 21.9 Å². The van der Waals surface area contributed by atoms with Crippen molar-refractivity contribution >= 4 is 18.5 Å². The van der Waals surface area contributed by atoms with Gasteiger partial charge in [-0.2, -0.15) is 5.10 Å². The molecule has 0 bridgehead atoms. The van der Waals surface area contributed by atoms with E-state index in [1.54, 1.807) is 6.26 Å². The van der Waals surface area contributed by atoms with Crippen molar-refractivity contribution in [2.75, 3.05) is 0 Å². The molecule has 0 aliphatic heterocycles. The summed E-state index contributed by atoms with van der Waals surface area (Å²) < 4.78 is 5.34. The maximum Gasteiger partial charge on any atom is 0.152 e. The predicted molar refractivity (Wildman–Crippen MR) is 63.5 cm³/mol. The first-order valence-electron chi connectivity index (χ1n) is 5.00. The maximum absolute atomic E-state index is 5.34. The van der Waals surface area contributed by atoms with Gasteiger partial charge in [0.15, 0.2) is 5.76 Å². The molecule has 0 fully saturated rings. The number of rotatable bonds is 2. The number of nitrogens with one attached hydrogen (secondary N) is 1. The van der Waals surface area contributed by atoms with Gasteiger partial charge in [0.25, 0.3) is 0 Å². The van der Waals surface area contributed by atoms with Crippen LogP contribution in [0.15, 0.2) is 27.8 Å². The van der Waals surface area contributed by atoms with Gasteiger partial charge in [-0.05, 0) is 32.7 Å². The highest BCUT2D eigenvalue weighted by molar-refractivity contribution is 5.64. The molecule has 0 aliphatic rings. The van der Waals surface area contributed by atoms with Crippen molar-refractivity contribution in [3.05, 3.63) is 40.4 Å². The smallest absolute Gasteiger partial charge is 0.152 e. The molecular weight excluding hydrogens is 202 g/mol. The van der Waals surface area contributed by atoms with Crippen LogP contribution in [0.4, 0.5) is 0 Å². The summed E-state index contributed by atoms with van der Waals surface area (Å²) in [7, 11) is 0. The molecule has 0 radical (unpaired) electrons. The van der Waals surface area contributed by atoms with Crippen molar-refractivity contribution in [1.29, 1.82) is 0 Å². The van der Waals surface area contributed by atoms with E-state index in [0.29, 0.717) is 11.5 Å². The van der Waals surface area contributed by atoms with Crippen LogP contribution in [0, 0.1) is 6.92 Å². The third kappa shape index (κ3) is 1.58. The van der Waals surface area contributed by atoms with Crippen molar-refractivity contribution in [2.24, 2.45) is 4.99 Å². The Morgan fingerprint density at radius 1 is 1.62 bits per heavy atom. The largest absolute Gasteiger partial charge is 0.463 e. The molecule has 0 saturated carbocycles. The van der Waals surface area contributed by atoms with Crippen LogP contribution in [0.5, 0.6) is 0 Å². The molecule has 0 spiro atoms. The standard InChI is InChI=1S/C12H13N3O/c1-4-9-11(8(2)14-15-9)12(13-3)10-6-5-7-16-10/h4-7,15H,3H2,1-2H3/b9-4+,12-11-. The monoisotopic (exact) mass is 215 g/mol. The summed E-state index contributed by atoms with van der Waals surface area (Å²) in [6.45, 7) is 7.45. The Balaban J connectivity index is 2.89. The molecule has 0 unspecified atom stereocenters. The Kier molecular flexibility index (Phi) is 2.72. The normalized spacial score (nSPS) is 14.0. The van der Waals surface area contributed by atoms with Gasteiger partial charge < -0.3 is 4.42 Å². The Morgan fingerprint density at radius 2 is 2.44 bits per heavy atom. The Bertz CT molecular complexity index is 605. The van der Waals surface area contributed by atoms with Crippen LogP contribution >= 0.6 is 0 Å². The minimum atomic E-state index is 0.697. The molecular formula is C12H13N3O. The van der Waals surface area contributed by atoms with Crippen LogP contribution in [0.1, 0.15) is 18.4 Å². The summed E-state index contributed by atoms with van der Waals surface area (Å²) in [5.74, 6) is 0.697. The van der Waals surface area contributed by atoms with Gasteiger partial charge in [-0.15, -0.1) is 0 Å². The molecule has 0 aliphatic carbocycles. The minimum absolute atomic E-state index is 0.697. The molecule has 2 aromatic rings. The SMILES string of the molecule is C=N/C(c1ccco1)=c1/c(C)n[nH]/c1=C/C. The average molecular weight is 215 g/mol. The first-order chi connectivity index (χ1) is 7.77. The summed E-state index contributed by atoms with van der Waals surface area (Å²) >= 11 is 0. The van der Waals surface area contributed by atoms with Gasteiger partial charge in [-0.25, -0.2) is 0 Å². The summed E-state index contributed by atoms with van der Waals surface area (Å²) in [4.78, 5) is 4.04. The number of nitrogens with zero attached hydrogens (tertiary/aromatic N) is 2. The van der Waals surface area contributed by atoms with Gasteiger partial charge in [0, 0.05) is 0 Å². The van der Waals surface area contributed by atoms with Gasteiger partial charge in [0.1, 0.15) is 5.70 Å². The van der Waals surface area contributed by atoms with E-state index in [0.717, 1.165) is 16.3 Å². The van der Waals surface area contributed by atoms with Crippen LogP contribution in [0.25, 0.3) is 11.8 Å². The molecule has 2 heterocycles. The fourth-order valence-corrected chi connectivity index (χ4v) is 1.65. The summed E-state index contributed by atoms with van der Waals surface area (Å²) in [5, 5.41) is 8.97.